The number of anilines is 2. The van der Waals surface area contributed by atoms with Gasteiger partial charge in [0.15, 0.2) is 5.82 Å². The third kappa shape index (κ3) is 5.15. The van der Waals surface area contributed by atoms with E-state index < -0.39 is 26.4 Å². The van der Waals surface area contributed by atoms with Gasteiger partial charge in [-0.1, -0.05) is 42.3 Å². The molecule has 2 aromatic carbocycles. The Labute approximate surface area is 270 Å². The highest BCUT2D eigenvalue weighted by Gasteiger charge is 2.73. The molecule has 4 bridgehead atoms. The van der Waals surface area contributed by atoms with E-state index in [0.717, 1.165) is 79.9 Å². The van der Waals surface area contributed by atoms with E-state index >= 15 is 0 Å². The van der Waals surface area contributed by atoms with Gasteiger partial charge in [0.1, 0.15) is 5.67 Å². The molecule has 0 spiro atoms. The van der Waals surface area contributed by atoms with Crippen LogP contribution >= 0.6 is 0 Å². The second-order valence-electron chi connectivity index (χ2n) is 15.4. The van der Waals surface area contributed by atoms with Gasteiger partial charge >= 0.3 is 0 Å². The minimum Gasteiger partial charge on any atom is -0.339 e. The Balaban J connectivity index is 1.04. The molecule has 6 saturated carbocycles. The lowest BCUT2D eigenvalue weighted by atomic mass is 9.42. The van der Waals surface area contributed by atoms with Gasteiger partial charge in [-0.3, -0.25) is 9.52 Å². The highest BCUT2D eigenvalue weighted by Crippen LogP contribution is 2.70. The SMILES string of the molecule is CC(C)S(=O)(=O)Nc1ccc(-c2cccc(N(CC3CCC4(c5nc(C6CC6)no5)CCCC3C4)C(=O)C34CC(F)(C3)C4)c2)cc1. The van der Waals surface area contributed by atoms with Crippen LogP contribution in [0.15, 0.2) is 53.1 Å². The summed E-state index contributed by atoms with van der Waals surface area (Å²) in [6.07, 6.45) is 9.60. The number of alkyl halides is 1. The largest absolute Gasteiger partial charge is 0.339 e. The average molecular weight is 647 g/mol. The Hall–Kier alpha value is -3.27. The Morgan fingerprint density at radius 3 is 2.50 bits per heavy atom. The van der Waals surface area contributed by atoms with E-state index in [1.54, 1.807) is 26.0 Å². The standard InChI is InChI=1S/C36H43FN4O4S/c1-23(2)46(43,44)40-29-12-10-24(11-13-29)26-5-3-7-30(17-26)41(33(42)35-20-36(37,21-35)22-35)19-28-14-16-34(15-4-6-27(28)18-34)32-38-31(39-45-32)25-8-9-25/h3,5,7,10-13,17,23,25,27-28,40H,4,6,8-9,14-16,18-22H2,1-2H3. The van der Waals surface area contributed by atoms with Crippen molar-refractivity contribution < 1.29 is 22.1 Å². The van der Waals surface area contributed by atoms with Crippen molar-refractivity contribution >= 4 is 27.3 Å². The fraction of sp³-hybridized carbons (Fsp3) is 0.583. The second kappa shape index (κ2) is 10.6. The maximum absolute atomic E-state index is 14.7. The molecular weight excluding hydrogens is 603 g/mol. The predicted molar refractivity (Wildman–Crippen MR) is 175 cm³/mol. The summed E-state index contributed by atoms with van der Waals surface area (Å²) in [5.41, 5.74) is 1.43. The zero-order chi connectivity index (χ0) is 31.9. The molecule has 244 valence electrons. The first kappa shape index (κ1) is 30.1. The van der Waals surface area contributed by atoms with Crippen molar-refractivity contribution in [3.8, 4) is 11.1 Å². The van der Waals surface area contributed by atoms with Crippen LogP contribution in [0.3, 0.4) is 0 Å². The summed E-state index contributed by atoms with van der Waals surface area (Å²) in [5, 5.41) is 3.81. The summed E-state index contributed by atoms with van der Waals surface area (Å²) in [5.74, 6) is 3.02. The van der Waals surface area contributed by atoms with E-state index in [1.807, 2.05) is 41.3 Å². The molecule has 1 aromatic heterocycles. The first-order chi connectivity index (χ1) is 22.0. The smallest absolute Gasteiger partial charge is 0.235 e. The summed E-state index contributed by atoms with van der Waals surface area (Å²) in [6, 6.07) is 15.3. The number of benzene rings is 2. The normalized spacial score (nSPS) is 31.6. The van der Waals surface area contributed by atoms with Crippen LogP contribution in [-0.4, -0.2) is 41.9 Å². The van der Waals surface area contributed by atoms with Crippen molar-refractivity contribution in [1.82, 2.24) is 10.1 Å². The zero-order valence-corrected chi connectivity index (χ0v) is 27.5. The summed E-state index contributed by atoms with van der Waals surface area (Å²) >= 11 is 0. The Morgan fingerprint density at radius 2 is 1.80 bits per heavy atom. The van der Waals surface area contributed by atoms with Gasteiger partial charge in [0, 0.05) is 29.3 Å². The highest BCUT2D eigenvalue weighted by atomic mass is 32.2. The third-order valence-electron chi connectivity index (χ3n) is 11.7. The monoisotopic (exact) mass is 646 g/mol. The maximum Gasteiger partial charge on any atom is 0.235 e. The molecule has 10 heteroatoms. The van der Waals surface area contributed by atoms with Gasteiger partial charge in [-0.05, 0) is 119 Å². The number of halogens is 1. The summed E-state index contributed by atoms with van der Waals surface area (Å²) in [4.78, 5) is 21.1. The molecule has 6 aliphatic carbocycles. The first-order valence-electron chi connectivity index (χ1n) is 17.0. The van der Waals surface area contributed by atoms with E-state index in [0.29, 0.717) is 49.2 Å². The van der Waals surface area contributed by atoms with E-state index in [2.05, 4.69) is 9.88 Å². The number of rotatable bonds is 10. The molecule has 0 aliphatic heterocycles. The molecule has 3 atom stereocenters. The van der Waals surface area contributed by atoms with Crippen molar-refractivity contribution in [3.63, 3.8) is 0 Å². The van der Waals surface area contributed by atoms with Crippen molar-refractivity contribution in [1.29, 1.82) is 0 Å². The topological polar surface area (TPSA) is 105 Å². The lowest BCUT2D eigenvalue weighted by molar-refractivity contribution is -0.211. The number of nitrogens with zero attached hydrogens (tertiary/aromatic N) is 3. The van der Waals surface area contributed by atoms with Gasteiger partial charge in [0.05, 0.1) is 10.7 Å². The van der Waals surface area contributed by atoms with Gasteiger partial charge in [-0.15, -0.1) is 0 Å². The number of hydrogen-bond donors (Lipinski definition) is 1. The van der Waals surface area contributed by atoms with E-state index in [4.69, 9.17) is 9.51 Å². The quantitative estimate of drug-likeness (QED) is 0.244. The Bertz CT molecular complexity index is 1750. The molecular formula is C36H43FN4O4S. The van der Waals surface area contributed by atoms with E-state index in [1.165, 1.54) is 0 Å². The average Bonchev–Trinajstić information content (AvgIpc) is 3.74. The molecule has 3 aromatic rings. The molecule has 9 rings (SSSR count). The molecule has 8 nitrogen and oxygen atoms in total. The van der Waals surface area contributed by atoms with Crippen LogP contribution in [0.25, 0.3) is 11.1 Å². The molecule has 1 heterocycles. The van der Waals surface area contributed by atoms with Crippen LogP contribution in [0, 0.1) is 17.3 Å². The third-order valence-corrected chi connectivity index (χ3v) is 13.5. The van der Waals surface area contributed by atoms with E-state index in [9.17, 15) is 17.6 Å². The number of hydrogen-bond acceptors (Lipinski definition) is 6. The van der Waals surface area contributed by atoms with Gasteiger partial charge in [0.2, 0.25) is 21.8 Å². The molecule has 6 fully saturated rings. The summed E-state index contributed by atoms with van der Waals surface area (Å²) in [6.45, 7) is 3.91. The lowest BCUT2D eigenvalue weighted by Crippen LogP contribution is -2.70. The fourth-order valence-corrected chi connectivity index (χ4v) is 9.52. The van der Waals surface area contributed by atoms with Gasteiger partial charge in [-0.25, -0.2) is 12.8 Å². The number of carbonyl (C=O) groups excluding carboxylic acids is 1. The predicted octanol–water partition coefficient (Wildman–Crippen LogP) is 7.53. The molecule has 6 aliphatic rings. The van der Waals surface area contributed by atoms with Crippen molar-refractivity contribution in [3.05, 3.63) is 60.2 Å². The Morgan fingerprint density at radius 1 is 1.04 bits per heavy atom. The van der Waals surface area contributed by atoms with Crippen molar-refractivity contribution in [2.24, 2.45) is 17.3 Å². The van der Waals surface area contributed by atoms with Crippen molar-refractivity contribution in [2.75, 3.05) is 16.2 Å². The molecule has 0 saturated heterocycles. The Kier molecular flexibility index (Phi) is 6.95. The number of fused-ring (bicyclic) bond motifs is 2. The lowest BCUT2D eigenvalue weighted by Gasteiger charge is -2.65. The van der Waals surface area contributed by atoms with Crippen LogP contribution in [0.5, 0.6) is 0 Å². The van der Waals surface area contributed by atoms with Crippen molar-refractivity contribution in [2.45, 2.75) is 107 Å². The molecule has 46 heavy (non-hydrogen) atoms. The molecule has 1 N–H and O–H groups in total. The van der Waals surface area contributed by atoms with Gasteiger partial charge < -0.3 is 9.42 Å². The summed E-state index contributed by atoms with van der Waals surface area (Å²) < 4.78 is 47.9. The molecule has 0 radical (unpaired) electrons. The molecule has 3 unspecified atom stereocenters. The van der Waals surface area contributed by atoms with Gasteiger partial charge in [-0.2, -0.15) is 4.98 Å². The fourth-order valence-electron chi connectivity index (χ4n) is 8.82. The highest BCUT2D eigenvalue weighted by molar-refractivity contribution is 7.93. The second-order valence-corrected chi connectivity index (χ2v) is 17.6. The minimum atomic E-state index is -3.44. The van der Waals surface area contributed by atoms with Crippen LogP contribution in [0.4, 0.5) is 15.8 Å². The maximum atomic E-state index is 14.7. The number of sulfonamides is 1. The number of amides is 1. The number of carbonyl (C=O) groups is 1. The zero-order valence-electron chi connectivity index (χ0n) is 26.7. The van der Waals surface area contributed by atoms with E-state index in [-0.39, 0.29) is 11.3 Å². The summed E-state index contributed by atoms with van der Waals surface area (Å²) in [7, 11) is -3.44. The minimum absolute atomic E-state index is 0.0567. The van der Waals surface area contributed by atoms with Crippen LogP contribution < -0.4 is 9.62 Å². The number of aromatic nitrogens is 2. The first-order valence-corrected chi connectivity index (χ1v) is 18.6. The number of nitrogens with one attached hydrogen (secondary N) is 1. The van der Waals surface area contributed by atoms with Gasteiger partial charge in [0.25, 0.3) is 0 Å². The van der Waals surface area contributed by atoms with Crippen LogP contribution in [-0.2, 0) is 20.2 Å². The molecule has 1 amide bonds. The van der Waals surface area contributed by atoms with Crippen LogP contribution in [0.1, 0.15) is 102 Å². The van der Waals surface area contributed by atoms with Crippen LogP contribution in [0.2, 0.25) is 0 Å².